The molecule has 0 aliphatic carbocycles. The molecule has 3 heteroatoms. The van der Waals surface area contributed by atoms with Crippen LogP contribution in [0, 0.1) is 11.3 Å². The maximum Gasteiger partial charge on any atom is 0.225 e. The summed E-state index contributed by atoms with van der Waals surface area (Å²) in [5.41, 5.74) is 5.64. The molecule has 1 atom stereocenters. The molecule has 0 bridgehead atoms. The molecule has 14 heavy (non-hydrogen) atoms. The van der Waals surface area contributed by atoms with Crippen molar-refractivity contribution in [3.63, 3.8) is 0 Å². The highest BCUT2D eigenvalue weighted by Crippen LogP contribution is 2.16. The third kappa shape index (κ3) is 4.09. The van der Waals surface area contributed by atoms with Gasteiger partial charge in [0.25, 0.3) is 0 Å². The molecule has 0 aromatic carbocycles. The highest BCUT2D eigenvalue weighted by Gasteiger charge is 2.23. The van der Waals surface area contributed by atoms with E-state index in [1.807, 2.05) is 20.9 Å². The lowest BCUT2D eigenvalue weighted by atomic mass is 9.92. The number of nitrogens with zero attached hydrogens (tertiary/aromatic N) is 1. The Balaban J connectivity index is 4.21. The first-order chi connectivity index (χ1) is 6.34. The van der Waals surface area contributed by atoms with Gasteiger partial charge in [-0.1, -0.05) is 27.7 Å². The molecular weight excluding hydrogens is 176 g/mol. The van der Waals surface area contributed by atoms with Crippen LogP contribution in [-0.4, -0.2) is 30.9 Å². The molecule has 3 nitrogen and oxygen atoms in total. The molecule has 0 heterocycles. The minimum atomic E-state index is 0.0118. The molecule has 0 aliphatic heterocycles. The van der Waals surface area contributed by atoms with E-state index in [2.05, 4.69) is 13.8 Å². The topological polar surface area (TPSA) is 46.3 Å². The molecule has 0 aliphatic rings. The van der Waals surface area contributed by atoms with Gasteiger partial charge in [0, 0.05) is 19.5 Å². The Bertz CT molecular complexity index is 190. The predicted octanol–water partition coefficient (Wildman–Crippen LogP) is 1.48. The van der Waals surface area contributed by atoms with Gasteiger partial charge in [0.05, 0.1) is 0 Å². The Morgan fingerprint density at radius 2 is 2.00 bits per heavy atom. The first-order valence-electron chi connectivity index (χ1n) is 5.29. The zero-order valence-corrected chi connectivity index (χ0v) is 10.1. The van der Waals surface area contributed by atoms with Crippen molar-refractivity contribution in [1.82, 2.24) is 4.90 Å². The summed E-state index contributed by atoms with van der Waals surface area (Å²) in [5, 5.41) is 0. The normalized spacial score (nSPS) is 13.9. The summed E-state index contributed by atoms with van der Waals surface area (Å²) in [7, 11) is 1.85. The van der Waals surface area contributed by atoms with E-state index in [1.165, 1.54) is 0 Å². The average molecular weight is 200 g/mol. The molecule has 0 fully saturated rings. The van der Waals surface area contributed by atoms with Gasteiger partial charge in [-0.25, -0.2) is 0 Å². The molecule has 0 rings (SSSR count). The van der Waals surface area contributed by atoms with Crippen LogP contribution >= 0.6 is 0 Å². The van der Waals surface area contributed by atoms with Crippen molar-refractivity contribution in [3.05, 3.63) is 0 Å². The lowest BCUT2D eigenvalue weighted by Crippen LogP contribution is -2.41. The van der Waals surface area contributed by atoms with E-state index >= 15 is 0 Å². The van der Waals surface area contributed by atoms with Crippen molar-refractivity contribution in [3.8, 4) is 0 Å². The van der Waals surface area contributed by atoms with Crippen molar-refractivity contribution >= 4 is 5.91 Å². The summed E-state index contributed by atoms with van der Waals surface area (Å²) < 4.78 is 0. The smallest absolute Gasteiger partial charge is 0.225 e. The number of amides is 1. The lowest BCUT2D eigenvalue weighted by Gasteiger charge is -2.30. The fourth-order valence-electron chi connectivity index (χ4n) is 1.34. The van der Waals surface area contributed by atoms with Crippen LogP contribution in [0.1, 0.15) is 34.1 Å². The van der Waals surface area contributed by atoms with Crippen LogP contribution in [0.5, 0.6) is 0 Å². The van der Waals surface area contributed by atoms with E-state index in [1.54, 1.807) is 4.90 Å². The van der Waals surface area contributed by atoms with Gasteiger partial charge in [0.1, 0.15) is 0 Å². The van der Waals surface area contributed by atoms with Crippen LogP contribution in [-0.2, 0) is 4.79 Å². The summed E-state index contributed by atoms with van der Waals surface area (Å²) in [5.74, 6) is 0.336. The monoisotopic (exact) mass is 200 g/mol. The Labute approximate surface area is 87.6 Å². The van der Waals surface area contributed by atoms with E-state index in [4.69, 9.17) is 5.73 Å². The number of hydrogen-bond acceptors (Lipinski definition) is 2. The molecule has 2 N–H and O–H groups in total. The van der Waals surface area contributed by atoms with Gasteiger partial charge in [-0.3, -0.25) is 4.79 Å². The first-order valence-corrected chi connectivity index (χ1v) is 5.29. The predicted molar refractivity (Wildman–Crippen MR) is 59.9 cm³/mol. The zero-order valence-electron chi connectivity index (χ0n) is 10.1. The minimum Gasteiger partial charge on any atom is -0.345 e. The first kappa shape index (κ1) is 13.4. The van der Waals surface area contributed by atoms with Crippen LogP contribution in [0.15, 0.2) is 0 Å². The van der Waals surface area contributed by atoms with Crippen molar-refractivity contribution in [1.29, 1.82) is 0 Å². The molecular formula is C11H24N2O. The van der Waals surface area contributed by atoms with Gasteiger partial charge in [-0.15, -0.1) is 0 Å². The summed E-state index contributed by atoms with van der Waals surface area (Å²) >= 11 is 0. The summed E-state index contributed by atoms with van der Waals surface area (Å²) in [6, 6.07) is 0. The average Bonchev–Trinajstić information content (AvgIpc) is 2.14. The summed E-state index contributed by atoms with van der Waals surface area (Å²) in [6.07, 6.45) is 0.895. The fraction of sp³-hybridized carbons (Fsp3) is 0.909. The van der Waals surface area contributed by atoms with Gasteiger partial charge in [-0.05, 0) is 18.4 Å². The molecule has 0 saturated carbocycles. The second-order valence-corrected chi connectivity index (χ2v) is 4.87. The van der Waals surface area contributed by atoms with E-state index in [0.717, 1.165) is 13.0 Å². The molecule has 0 aromatic rings. The van der Waals surface area contributed by atoms with Crippen LogP contribution in [0.4, 0.5) is 0 Å². The van der Waals surface area contributed by atoms with E-state index in [-0.39, 0.29) is 17.2 Å². The molecule has 0 radical (unpaired) electrons. The van der Waals surface area contributed by atoms with Crippen LogP contribution in [0.2, 0.25) is 0 Å². The third-order valence-corrected chi connectivity index (χ3v) is 2.63. The molecule has 84 valence electrons. The van der Waals surface area contributed by atoms with Crippen molar-refractivity contribution in [2.75, 3.05) is 20.1 Å². The standard InChI is InChI=1S/C11H24N2O/c1-6-9(2)10(14)13(5)8-11(3,4)7-12/h9H,6-8,12H2,1-5H3. The highest BCUT2D eigenvalue weighted by atomic mass is 16.2. The van der Waals surface area contributed by atoms with Crippen molar-refractivity contribution in [2.24, 2.45) is 17.1 Å². The van der Waals surface area contributed by atoms with Crippen LogP contribution in [0.3, 0.4) is 0 Å². The number of carbonyl (C=O) groups is 1. The minimum absolute atomic E-state index is 0.0118. The number of carbonyl (C=O) groups excluding carboxylic acids is 1. The number of hydrogen-bond donors (Lipinski definition) is 1. The van der Waals surface area contributed by atoms with Crippen LogP contribution in [0.25, 0.3) is 0 Å². The number of rotatable bonds is 5. The Kier molecular flexibility index (Phi) is 5.13. The van der Waals surface area contributed by atoms with Gasteiger partial charge in [-0.2, -0.15) is 0 Å². The Morgan fingerprint density at radius 1 is 1.50 bits per heavy atom. The maximum absolute atomic E-state index is 11.8. The van der Waals surface area contributed by atoms with Gasteiger partial charge in [0.15, 0.2) is 0 Å². The summed E-state index contributed by atoms with van der Waals surface area (Å²) in [6.45, 7) is 9.48. The highest BCUT2D eigenvalue weighted by molar-refractivity contribution is 5.78. The maximum atomic E-state index is 11.8. The quantitative estimate of drug-likeness (QED) is 0.730. The molecule has 1 unspecified atom stereocenters. The third-order valence-electron chi connectivity index (χ3n) is 2.63. The van der Waals surface area contributed by atoms with Gasteiger partial charge < -0.3 is 10.6 Å². The molecule has 1 amide bonds. The van der Waals surface area contributed by atoms with Crippen molar-refractivity contribution < 1.29 is 4.79 Å². The Morgan fingerprint density at radius 3 is 2.36 bits per heavy atom. The SMILES string of the molecule is CCC(C)C(=O)N(C)CC(C)(C)CN. The van der Waals surface area contributed by atoms with Crippen molar-refractivity contribution in [2.45, 2.75) is 34.1 Å². The van der Waals surface area contributed by atoms with Gasteiger partial charge >= 0.3 is 0 Å². The largest absolute Gasteiger partial charge is 0.345 e. The number of nitrogens with two attached hydrogens (primary N) is 1. The second-order valence-electron chi connectivity index (χ2n) is 4.87. The van der Waals surface area contributed by atoms with Gasteiger partial charge in [0.2, 0.25) is 5.91 Å². The fourth-order valence-corrected chi connectivity index (χ4v) is 1.34. The van der Waals surface area contributed by atoms with E-state index in [9.17, 15) is 4.79 Å². The van der Waals surface area contributed by atoms with E-state index in [0.29, 0.717) is 6.54 Å². The van der Waals surface area contributed by atoms with E-state index < -0.39 is 0 Å². The molecule has 0 aromatic heterocycles. The second kappa shape index (κ2) is 5.35. The van der Waals surface area contributed by atoms with Crippen LogP contribution < -0.4 is 5.73 Å². The molecule has 0 saturated heterocycles. The summed E-state index contributed by atoms with van der Waals surface area (Å²) in [4.78, 5) is 13.5. The lowest BCUT2D eigenvalue weighted by molar-refractivity contribution is -0.134. The molecule has 0 spiro atoms. The Hall–Kier alpha value is -0.570. The zero-order chi connectivity index (χ0) is 11.4.